The topological polar surface area (TPSA) is 156 Å². The van der Waals surface area contributed by atoms with Gasteiger partial charge in [0.05, 0.1) is 17.2 Å². The Kier molecular flexibility index (Phi) is 8.88. The molecule has 0 radical (unpaired) electrons. The first-order valence-corrected chi connectivity index (χ1v) is 14.1. The molecular formula is C32H31FN6O6. The Hall–Kier alpha value is -5.59. The maximum absolute atomic E-state index is 16.3. The van der Waals surface area contributed by atoms with E-state index in [0.717, 1.165) is 21.4 Å². The number of hydrogen-bond donors (Lipinski definition) is 2. The number of aromatic amines is 1. The van der Waals surface area contributed by atoms with Crippen LogP contribution in [0.2, 0.25) is 0 Å². The van der Waals surface area contributed by atoms with E-state index in [-0.39, 0.29) is 47.3 Å². The van der Waals surface area contributed by atoms with Gasteiger partial charge >= 0.3 is 11.7 Å². The molecule has 0 saturated heterocycles. The maximum atomic E-state index is 16.3. The van der Waals surface area contributed by atoms with E-state index in [4.69, 9.17) is 9.26 Å². The second-order valence-electron chi connectivity index (χ2n) is 10.6. The number of carboxylic acids is 1. The monoisotopic (exact) mass is 614 g/mol. The number of para-hydroxylation sites is 1. The van der Waals surface area contributed by atoms with E-state index in [1.165, 1.54) is 17.0 Å². The second kappa shape index (κ2) is 13.0. The number of ether oxygens (including phenoxy) is 1. The van der Waals surface area contributed by atoms with Gasteiger partial charge in [-0.2, -0.15) is 9.67 Å². The first kappa shape index (κ1) is 30.9. The highest BCUT2D eigenvalue weighted by atomic mass is 19.1. The lowest BCUT2D eigenvalue weighted by Crippen LogP contribution is -2.27. The van der Waals surface area contributed by atoms with Gasteiger partial charge in [0.15, 0.2) is 18.2 Å². The van der Waals surface area contributed by atoms with Gasteiger partial charge in [-0.1, -0.05) is 54.5 Å². The van der Waals surface area contributed by atoms with Crippen LogP contribution in [0.5, 0.6) is 5.75 Å². The molecule has 232 valence electrons. The number of benzene rings is 3. The number of nitrogens with zero attached hydrogens (tertiary/aromatic N) is 5. The summed E-state index contributed by atoms with van der Waals surface area (Å²) in [6.07, 6.45) is 0.729. The molecule has 12 nitrogen and oxygen atoms in total. The fourth-order valence-corrected chi connectivity index (χ4v) is 4.81. The van der Waals surface area contributed by atoms with Gasteiger partial charge in [-0.3, -0.25) is 9.78 Å². The van der Waals surface area contributed by atoms with Crippen LogP contribution in [-0.4, -0.2) is 67.5 Å². The Bertz CT molecular complexity index is 1910. The van der Waals surface area contributed by atoms with Crippen LogP contribution in [0.15, 0.2) is 70.0 Å². The van der Waals surface area contributed by atoms with E-state index in [1.807, 2.05) is 19.1 Å². The molecule has 3 aromatic carbocycles. The number of likely N-dealkylation sites (N-methyl/N-ethyl adjacent to an activating group) is 1. The minimum absolute atomic E-state index is 0.0602. The fourth-order valence-electron chi connectivity index (χ4n) is 4.81. The van der Waals surface area contributed by atoms with Crippen LogP contribution in [0, 0.1) is 12.7 Å². The molecule has 0 aliphatic heterocycles. The lowest BCUT2D eigenvalue weighted by Gasteiger charge is -2.20. The summed E-state index contributed by atoms with van der Waals surface area (Å²) in [6.45, 7) is 3.23. The fraction of sp³-hybridized carbons (Fsp3) is 0.250. The highest BCUT2D eigenvalue weighted by molar-refractivity contribution is 5.91. The number of carbonyl (C=O) groups is 2. The summed E-state index contributed by atoms with van der Waals surface area (Å²) in [6, 6.07) is 16.5. The zero-order valence-corrected chi connectivity index (χ0v) is 25.1. The first-order chi connectivity index (χ1) is 21.5. The first-order valence-electron chi connectivity index (χ1n) is 14.1. The molecule has 13 heteroatoms. The minimum atomic E-state index is -1.23. The van der Waals surface area contributed by atoms with Crippen LogP contribution < -0.4 is 10.4 Å². The maximum Gasteiger partial charge on any atom is 0.348 e. The molecule has 2 aromatic heterocycles. The molecule has 5 aromatic rings. The highest BCUT2D eigenvalue weighted by Crippen LogP contribution is 2.34. The molecule has 5 rings (SSSR count). The summed E-state index contributed by atoms with van der Waals surface area (Å²) in [5.41, 5.74) is 1.67. The molecule has 0 spiro atoms. The van der Waals surface area contributed by atoms with Crippen LogP contribution in [0.4, 0.5) is 4.39 Å². The summed E-state index contributed by atoms with van der Waals surface area (Å²) >= 11 is 0. The van der Waals surface area contributed by atoms with Crippen molar-refractivity contribution in [2.75, 3.05) is 20.7 Å². The number of hydrogen-bond acceptors (Lipinski definition) is 8. The van der Waals surface area contributed by atoms with Crippen LogP contribution >= 0.6 is 0 Å². The van der Waals surface area contributed by atoms with Crippen LogP contribution in [0.1, 0.15) is 51.6 Å². The Morgan fingerprint density at radius 1 is 1.11 bits per heavy atom. The number of aromatic carboxylic acids is 1. The predicted octanol–water partition coefficient (Wildman–Crippen LogP) is 4.16. The van der Waals surface area contributed by atoms with Crippen molar-refractivity contribution >= 4 is 11.9 Å². The largest absolute Gasteiger partial charge is 0.481 e. The van der Waals surface area contributed by atoms with Crippen molar-refractivity contribution in [3.8, 4) is 22.8 Å². The van der Waals surface area contributed by atoms with E-state index in [2.05, 4.69) is 20.2 Å². The third kappa shape index (κ3) is 6.66. The number of H-pyrrole nitrogens is 1. The summed E-state index contributed by atoms with van der Waals surface area (Å²) in [5, 5.41) is 18.1. The average Bonchev–Trinajstić information content (AvgIpc) is 3.64. The van der Waals surface area contributed by atoms with E-state index in [9.17, 15) is 19.5 Å². The molecule has 1 atom stereocenters. The number of aryl methyl sites for hydroxylation is 2. The normalized spacial score (nSPS) is 11.8. The number of carbonyl (C=O) groups excluding carboxylic acids is 1. The summed E-state index contributed by atoms with van der Waals surface area (Å²) in [5.74, 6) is -2.26. The third-order valence-electron chi connectivity index (χ3n) is 7.27. The molecule has 0 aliphatic rings. The second-order valence-corrected chi connectivity index (χ2v) is 10.6. The van der Waals surface area contributed by atoms with E-state index < -0.39 is 23.4 Å². The van der Waals surface area contributed by atoms with Gasteiger partial charge < -0.3 is 19.3 Å². The van der Waals surface area contributed by atoms with E-state index >= 15 is 4.39 Å². The lowest BCUT2D eigenvalue weighted by molar-refractivity contribution is -0.130. The van der Waals surface area contributed by atoms with Crippen molar-refractivity contribution < 1.29 is 28.3 Å². The van der Waals surface area contributed by atoms with Gasteiger partial charge in [-0.15, -0.1) is 5.10 Å². The Morgan fingerprint density at radius 3 is 2.49 bits per heavy atom. The molecule has 0 fully saturated rings. The number of halogens is 1. The van der Waals surface area contributed by atoms with Crippen molar-refractivity contribution in [1.29, 1.82) is 0 Å². The smallest absolute Gasteiger partial charge is 0.348 e. The highest BCUT2D eigenvalue weighted by Gasteiger charge is 2.27. The number of rotatable bonds is 11. The van der Waals surface area contributed by atoms with E-state index in [0.29, 0.717) is 18.1 Å². The zero-order chi connectivity index (χ0) is 32.2. The Balaban J connectivity index is 1.61. The quantitative estimate of drug-likeness (QED) is 0.223. The van der Waals surface area contributed by atoms with Crippen molar-refractivity contribution in [3.05, 3.63) is 111 Å². The standard InChI is InChI=1S/C32H31FN6O6/c1-5-19-14-23(28(33)26(16-19)44-17-27(40)38(3)4)24(15-20-10-12-21(13-11-20)29-34-18(2)45-37-29)30-35-32(43)39(36-30)25-9-7-6-8-22(25)31(41)42/h6-14,16,24H,5,15,17H2,1-4H3,(H,41,42)(H,35,36,43). The molecule has 0 bridgehead atoms. The molecule has 2 N–H and O–H groups in total. The number of amides is 1. The van der Waals surface area contributed by atoms with Gasteiger partial charge in [-0.05, 0) is 42.2 Å². The summed E-state index contributed by atoms with van der Waals surface area (Å²) in [4.78, 5) is 45.6. The molecular weight excluding hydrogens is 583 g/mol. The van der Waals surface area contributed by atoms with Crippen LogP contribution in [-0.2, 0) is 17.6 Å². The summed E-state index contributed by atoms with van der Waals surface area (Å²) in [7, 11) is 3.15. The molecule has 1 amide bonds. The number of nitrogens with one attached hydrogen (secondary N) is 1. The lowest BCUT2D eigenvalue weighted by atomic mass is 9.89. The summed E-state index contributed by atoms with van der Waals surface area (Å²) < 4.78 is 28.0. The van der Waals surface area contributed by atoms with Gasteiger partial charge in [0, 0.05) is 32.1 Å². The molecule has 0 saturated carbocycles. The van der Waals surface area contributed by atoms with Crippen LogP contribution in [0.3, 0.4) is 0 Å². The molecule has 2 heterocycles. The predicted molar refractivity (Wildman–Crippen MR) is 161 cm³/mol. The van der Waals surface area contributed by atoms with Crippen LogP contribution in [0.25, 0.3) is 17.1 Å². The number of aromatic nitrogens is 5. The zero-order valence-electron chi connectivity index (χ0n) is 25.1. The van der Waals surface area contributed by atoms with Gasteiger partial charge in [0.2, 0.25) is 11.7 Å². The van der Waals surface area contributed by atoms with Crippen molar-refractivity contribution in [3.63, 3.8) is 0 Å². The average molecular weight is 615 g/mol. The SMILES string of the molecule is CCc1cc(OCC(=O)N(C)C)c(F)c(C(Cc2ccc(-c3noc(C)n3)cc2)c2nn(-c3ccccc3C(=O)O)c(=O)[nH]2)c1. The molecule has 0 aliphatic carbocycles. The third-order valence-corrected chi connectivity index (χ3v) is 7.27. The van der Waals surface area contributed by atoms with Crippen molar-refractivity contribution in [2.24, 2.45) is 0 Å². The van der Waals surface area contributed by atoms with Crippen molar-refractivity contribution in [2.45, 2.75) is 32.6 Å². The minimum Gasteiger partial charge on any atom is -0.481 e. The Morgan fingerprint density at radius 2 is 1.84 bits per heavy atom. The van der Waals surface area contributed by atoms with Gasteiger partial charge in [0.25, 0.3) is 5.91 Å². The Labute approximate surface area is 257 Å². The number of carboxylic acid groups (broad SMARTS) is 1. The molecule has 1 unspecified atom stereocenters. The van der Waals surface area contributed by atoms with E-state index in [1.54, 1.807) is 57.4 Å². The van der Waals surface area contributed by atoms with Crippen molar-refractivity contribution in [1.82, 2.24) is 29.8 Å². The van der Waals surface area contributed by atoms with Gasteiger partial charge in [-0.25, -0.2) is 14.0 Å². The molecule has 45 heavy (non-hydrogen) atoms. The van der Waals surface area contributed by atoms with Gasteiger partial charge in [0.1, 0.15) is 5.82 Å².